The second-order valence-electron chi connectivity index (χ2n) is 2.53. The third-order valence-electron chi connectivity index (χ3n) is 1.83. The molecule has 0 aromatic carbocycles. The topological polar surface area (TPSA) is 61.1 Å². The van der Waals surface area contributed by atoms with Crippen LogP contribution in [0.5, 0.6) is 0 Å². The number of hydrogen-bond acceptors (Lipinski definition) is 3. The monoisotopic (exact) mass is 170 g/mol. The number of carbonyl (C=O) groups is 1. The molecule has 0 atom stereocenters. The van der Waals surface area contributed by atoms with Gasteiger partial charge in [0.15, 0.2) is 0 Å². The molecule has 66 valence electrons. The molecule has 5 heteroatoms. The first kappa shape index (κ1) is 8.58. The maximum Gasteiger partial charge on any atom is 0.384 e. The van der Waals surface area contributed by atoms with Crippen LogP contribution in [-0.4, -0.2) is 17.8 Å². The molecular formula is C7H12N3O2+. The molecule has 0 spiro atoms. The first-order chi connectivity index (χ1) is 5.57. The molecule has 0 aliphatic rings. The number of esters is 1. The van der Waals surface area contributed by atoms with E-state index in [2.05, 4.69) is 4.74 Å². The SMILES string of the molecule is COC(=O)c1c[n+](C)c(C)n1N. The average Bonchev–Trinajstić information content (AvgIpc) is 2.32. The molecular weight excluding hydrogens is 158 g/mol. The number of methoxy groups -OCH3 is 1. The predicted octanol–water partition coefficient (Wildman–Crippen LogP) is -0.879. The lowest BCUT2D eigenvalue weighted by molar-refractivity contribution is -0.677. The number of ether oxygens (including phenoxy) is 1. The fourth-order valence-electron chi connectivity index (χ4n) is 0.939. The van der Waals surface area contributed by atoms with E-state index in [4.69, 9.17) is 5.84 Å². The second kappa shape index (κ2) is 2.84. The van der Waals surface area contributed by atoms with Crippen molar-refractivity contribution in [1.29, 1.82) is 0 Å². The van der Waals surface area contributed by atoms with Gasteiger partial charge in [0.05, 0.1) is 14.2 Å². The molecule has 0 aliphatic carbocycles. The Hall–Kier alpha value is -1.52. The molecule has 0 aliphatic heterocycles. The van der Waals surface area contributed by atoms with Crippen LogP contribution in [0.1, 0.15) is 16.3 Å². The lowest BCUT2D eigenvalue weighted by Gasteiger charge is -1.92. The third-order valence-corrected chi connectivity index (χ3v) is 1.83. The quantitative estimate of drug-likeness (QED) is 0.338. The molecule has 1 heterocycles. The Morgan fingerprint density at radius 2 is 2.33 bits per heavy atom. The minimum Gasteiger partial charge on any atom is -0.463 e. The number of imidazole rings is 1. The first-order valence-corrected chi connectivity index (χ1v) is 3.49. The molecule has 5 nitrogen and oxygen atoms in total. The van der Waals surface area contributed by atoms with Crippen LogP contribution in [0.25, 0.3) is 0 Å². The normalized spacial score (nSPS) is 9.92. The highest BCUT2D eigenvalue weighted by molar-refractivity contribution is 5.86. The fraction of sp³-hybridized carbons (Fsp3) is 0.429. The summed E-state index contributed by atoms with van der Waals surface area (Å²) < 4.78 is 7.59. The van der Waals surface area contributed by atoms with Gasteiger partial charge in [-0.1, -0.05) is 0 Å². The van der Waals surface area contributed by atoms with Crippen LogP contribution < -0.4 is 10.4 Å². The van der Waals surface area contributed by atoms with E-state index in [0.29, 0.717) is 5.69 Å². The van der Waals surface area contributed by atoms with Crippen molar-refractivity contribution in [2.75, 3.05) is 13.0 Å². The Labute approximate surface area is 70.3 Å². The van der Waals surface area contributed by atoms with E-state index < -0.39 is 5.97 Å². The van der Waals surface area contributed by atoms with Gasteiger partial charge in [-0.2, -0.15) is 0 Å². The van der Waals surface area contributed by atoms with Crippen molar-refractivity contribution in [3.8, 4) is 0 Å². The second-order valence-corrected chi connectivity index (χ2v) is 2.53. The standard InChI is InChI=1S/C7H12N3O2/c1-5-9(2)4-6(10(5)8)7(11)12-3/h4H,8H2,1-3H3/q+1. The molecule has 1 aromatic rings. The number of aryl methyl sites for hydroxylation is 1. The largest absolute Gasteiger partial charge is 0.463 e. The van der Waals surface area contributed by atoms with E-state index >= 15 is 0 Å². The maximum atomic E-state index is 11.1. The van der Waals surface area contributed by atoms with Crippen molar-refractivity contribution in [2.24, 2.45) is 7.05 Å². The van der Waals surface area contributed by atoms with E-state index in [9.17, 15) is 4.79 Å². The Bertz CT molecular complexity index is 317. The van der Waals surface area contributed by atoms with Crippen LogP contribution in [0.15, 0.2) is 6.20 Å². The molecule has 0 bridgehead atoms. The number of rotatable bonds is 1. The van der Waals surface area contributed by atoms with Crippen LogP contribution in [0.4, 0.5) is 0 Å². The first-order valence-electron chi connectivity index (χ1n) is 3.49. The molecule has 0 unspecified atom stereocenters. The Morgan fingerprint density at radius 1 is 1.75 bits per heavy atom. The van der Waals surface area contributed by atoms with Gasteiger partial charge >= 0.3 is 5.97 Å². The van der Waals surface area contributed by atoms with E-state index in [1.165, 1.54) is 11.8 Å². The maximum absolute atomic E-state index is 11.1. The van der Waals surface area contributed by atoms with Crippen molar-refractivity contribution in [2.45, 2.75) is 6.92 Å². The van der Waals surface area contributed by atoms with Gasteiger partial charge in [0.1, 0.15) is 6.20 Å². The highest BCUT2D eigenvalue weighted by atomic mass is 16.5. The smallest absolute Gasteiger partial charge is 0.384 e. The van der Waals surface area contributed by atoms with Crippen molar-refractivity contribution >= 4 is 5.97 Å². The number of nitrogens with zero attached hydrogens (tertiary/aromatic N) is 2. The third kappa shape index (κ3) is 1.13. The molecule has 12 heavy (non-hydrogen) atoms. The summed E-state index contributed by atoms with van der Waals surface area (Å²) >= 11 is 0. The zero-order valence-electron chi connectivity index (χ0n) is 7.37. The molecule has 2 N–H and O–H groups in total. The summed E-state index contributed by atoms with van der Waals surface area (Å²) in [5.74, 6) is 5.93. The molecule has 1 aromatic heterocycles. The molecule has 0 amide bonds. The summed E-state index contributed by atoms with van der Waals surface area (Å²) in [5, 5.41) is 0. The lowest BCUT2D eigenvalue weighted by atomic mass is 10.5. The molecule has 0 saturated carbocycles. The summed E-state index contributed by atoms with van der Waals surface area (Å²) in [6.07, 6.45) is 1.63. The molecule has 1 rings (SSSR count). The van der Waals surface area contributed by atoms with Crippen LogP contribution >= 0.6 is 0 Å². The Morgan fingerprint density at radius 3 is 2.67 bits per heavy atom. The van der Waals surface area contributed by atoms with Crippen LogP contribution in [0, 0.1) is 6.92 Å². The van der Waals surface area contributed by atoms with Gasteiger partial charge in [-0.15, -0.1) is 4.68 Å². The summed E-state index contributed by atoms with van der Waals surface area (Å²) in [6, 6.07) is 0. The minimum absolute atomic E-state index is 0.345. The van der Waals surface area contributed by atoms with Gasteiger partial charge in [-0.25, -0.2) is 9.36 Å². The fourth-order valence-corrected chi connectivity index (χ4v) is 0.939. The number of carbonyl (C=O) groups excluding carboxylic acids is 1. The van der Waals surface area contributed by atoms with Crippen molar-refractivity contribution in [1.82, 2.24) is 4.68 Å². The van der Waals surface area contributed by atoms with Crippen LogP contribution in [0.2, 0.25) is 0 Å². The van der Waals surface area contributed by atoms with E-state index in [0.717, 1.165) is 5.82 Å². The van der Waals surface area contributed by atoms with Gasteiger partial charge in [0, 0.05) is 6.92 Å². The summed E-state index contributed by atoms with van der Waals surface area (Å²) in [7, 11) is 3.13. The Balaban J connectivity index is 3.17. The van der Waals surface area contributed by atoms with Crippen LogP contribution in [-0.2, 0) is 11.8 Å². The number of hydrogen-bond donors (Lipinski definition) is 1. The van der Waals surface area contributed by atoms with Crippen molar-refractivity contribution in [3.63, 3.8) is 0 Å². The molecule has 0 saturated heterocycles. The Kier molecular flexibility index (Phi) is 2.03. The number of nitrogen functional groups attached to an aromatic ring is 1. The van der Waals surface area contributed by atoms with Gasteiger partial charge in [-0.3, -0.25) is 5.84 Å². The zero-order valence-corrected chi connectivity index (χ0v) is 7.37. The molecule has 0 radical (unpaired) electrons. The average molecular weight is 170 g/mol. The molecule has 0 fully saturated rings. The number of aromatic nitrogens is 2. The van der Waals surface area contributed by atoms with Gasteiger partial charge in [0.2, 0.25) is 0 Å². The number of nitrogens with two attached hydrogens (primary N) is 1. The minimum atomic E-state index is -0.429. The lowest BCUT2D eigenvalue weighted by Crippen LogP contribution is -2.31. The highest BCUT2D eigenvalue weighted by Gasteiger charge is 2.22. The van der Waals surface area contributed by atoms with E-state index in [-0.39, 0.29) is 0 Å². The van der Waals surface area contributed by atoms with E-state index in [1.807, 2.05) is 14.0 Å². The van der Waals surface area contributed by atoms with Gasteiger partial charge < -0.3 is 4.74 Å². The summed E-state index contributed by atoms with van der Waals surface area (Å²) in [6.45, 7) is 1.81. The van der Waals surface area contributed by atoms with Crippen LogP contribution in [0.3, 0.4) is 0 Å². The van der Waals surface area contributed by atoms with Crippen molar-refractivity contribution in [3.05, 3.63) is 17.7 Å². The van der Waals surface area contributed by atoms with Gasteiger partial charge in [0.25, 0.3) is 11.5 Å². The predicted molar refractivity (Wildman–Crippen MR) is 41.8 cm³/mol. The van der Waals surface area contributed by atoms with Crippen molar-refractivity contribution < 1.29 is 14.1 Å². The summed E-state index contributed by atoms with van der Waals surface area (Å²) in [5.41, 5.74) is 0.345. The zero-order chi connectivity index (χ0) is 9.30. The van der Waals surface area contributed by atoms with E-state index in [1.54, 1.807) is 10.8 Å². The van der Waals surface area contributed by atoms with Gasteiger partial charge in [-0.05, 0) is 0 Å². The summed E-state index contributed by atoms with van der Waals surface area (Å²) in [4.78, 5) is 11.1. The highest BCUT2D eigenvalue weighted by Crippen LogP contribution is 1.98.